The van der Waals surface area contributed by atoms with Crippen LogP contribution in [0.2, 0.25) is 0 Å². The second-order valence-corrected chi connectivity index (χ2v) is 11.0. The molecule has 1 saturated carbocycles. The molecule has 2 amide bonds. The van der Waals surface area contributed by atoms with Crippen molar-refractivity contribution in [1.82, 2.24) is 10.2 Å². The first-order valence-corrected chi connectivity index (χ1v) is 12.1. The number of hydrogen-bond acceptors (Lipinski definition) is 4. The van der Waals surface area contributed by atoms with Crippen LogP contribution >= 0.6 is 0 Å². The molecular formula is C28H34N2O5. The number of amides is 2. The van der Waals surface area contributed by atoms with Crippen LogP contribution in [-0.4, -0.2) is 54.2 Å². The highest BCUT2D eigenvalue weighted by atomic mass is 16.5. The average molecular weight is 479 g/mol. The Morgan fingerprint density at radius 3 is 2.09 bits per heavy atom. The smallest absolute Gasteiger partial charge is 0.407 e. The Morgan fingerprint density at radius 1 is 1.06 bits per heavy atom. The number of benzene rings is 2. The molecule has 2 aromatic rings. The normalized spacial score (nSPS) is 16.6. The van der Waals surface area contributed by atoms with E-state index in [9.17, 15) is 19.5 Å². The maximum atomic E-state index is 13.2. The van der Waals surface area contributed by atoms with Gasteiger partial charge in [0.2, 0.25) is 5.91 Å². The summed E-state index contributed by atoms with van der Waals surface area (Å²) >= 11 is 0. The van der Waals surface area contributed by atoms with Crippen molar-refractivity contribution in [3.05, 3.63) is 59.7 Å². The lowest BCUT2D eigenvalue weighted by Crippen LogP contribution is -2.49. The predicted molar refractivity (Wildman–Crippen MR) is 133 cm³/mol. The first kappa shape index (κ1) is 24.8. The van der Waals surface area contributed by atoms with Gasteiger partial charge in [0, 0.05) is 19.5 Å². The Labute approximate surface area is 206 Å². The fourth-order valence-electron chi connectivity index (χ4n) is 4.99. The molecule has 0 spiro atoms. The van der Waals surface area contributed by atoms with Crippen molar-refractivity contribution in [2.24, 2.45) is 10.8 Å². The number of carbonyl (C=O) groups excluding carboxylic acids is 2. The summed E-state index contributed by atoms with van der Waals surface area (Å²) in [6, 6.07) is 15.4. The monoisotopic (exact) mass is 478 g/mol. The maximum absolute atomic E-state index is 13.2. The summed E-state index contributed by atoms with van der Waals surface area (Å²) in [6.45, 7) is 6.19. The van der Waals surface area contributed by atoms with Crippen LogP contribution in [0.5, 0.6) is 0 Å². The highest BCUT2D eigenvalue weighted by Crippen LogP contribution is 2.47. The number of fused-ring (bicyclic) bond motifs is 3. The zero-order valence-electron chi connectivity index (χ0n) is 20.8. The number of likely N-dealkylation sites (N-methyl/N-ethyl adjacent to an activating group) is 1. The van der Waals surface area contributed by atoms with E-state index in [2.05, 4.69) is 29.6 Å². The van der Waals surface area contributed by atoms with E-state index < -0.39 is 23.5 Å². The molecule has 0 aromatic heterocycles. The highest BCUT2D eigenvalue weighted by Gasteiger charge is 2.53. The molecule has 2 N–H and O–H groups in total. The van der Waals surface area contributed by atoms with Gasteiger partial charge in [0.15, 0.2) is 0 Å². The largest absolute Gasteiger partial charge is 0.480 e. The van der Waals surface area contributed by atoms with Gasteiger partial charge in [-0.25, -0.2) is 9.59 Å². The topological polar surface area (TPSA) is 95.9 Å². The van der Waals surface area contributed by atoms with Crippen LogP contribution in [0.4, 0.5) is 4.79 Å². The van der Waals surface area contributed by atoms with Crippen molar-refractivity contribution in [2.45, 2.75) is 52.0 Å². The standard InChI is InChI=1S/C28H34N2O5/c1-27(2,3)15-23(24(31)32)30(4)25(33)28(13-14-28)17-29-26(34)35-16-22-20-11-7-5-9-18(20)19-10-6-8-12-21(19)22/h5-12,22-23H,13-17H2,1-4H3,(H,29,34)(H,31,32). The number of ether oxygens (including phenoxy) is 1. The van der Waals surface area contributed by atoms with Crippen LogP contribution in [0.25, 0.3) is 11.1 Å². The molecule has 4 rings (SSSR count). The SMILES string of the molecule is CN(C(=O)C1(CNC(=O)OCC2c3ccccc3-c3ccccc32)CC1)C(CC(C)(C)C)C(=O)O. The van der Waals surface area contributed by atoms with Gasteiger partial charge >= 0.3 is 12.1 Å². The van der Waals surface area contributed by atoms with Gasteiger partial charge in [-0.2, -0.15) is 0 Å². The minimum atomic E-state index is -1.02. The quantitative estimate of drug-likeness (QED) is 0.576. The molecule has 1 fully saturated rings. The van der Waals surface area contributed by atoms with E-state index in [1.807, 2.05) is 45.0 Å². The number of hydrogen-bond donors (Lipinski definition) is 2. The van der Waals surface area contributed by atoms with E-state index in [1.54, 1.807) is 7.05 Å². The van der Waals surface area contributed by atoms with Crippen LogP contribution in [0.15, 0.2) is 48.5 Å². The summed E-state index contributed by atoms with van der Waals surface area (Å²) in [5.74, 6) is -1.30. The Hall–Kier alpha value is -3.35. The number of nitrogens with one attached hydrogen (secondary N) is 1. The molecule has 35 heavy (non-hydrogen) atoms. The molecule has 2 aliphatic carbocycles. The van der Waals surface area contributed by atoms with Crippen LogP contribution in [0.1, 0.15) is 57.1 Å². The molecule has 0 radical (unpaired) electrons. The highest BCUT2D eigenvalue weighted by molar-refractivity contribution is 5.90. The van der Waals surface area contributed by atoms with Gasteiger partial charge in [0.1, 0.15) is 12.6 Å². The number of carbonyl (C=O) groups is 3. The molecule has 0 saturated heterocycles. The number of nitrogens with zero attached hydrogens (tertiary/aromatic N) is 1. The van der Waals surface area contributed by atoms with Gasteiger partial charge in [0.25, 0.3) is 0 Å². The van der Waals surface area contributed by atoms with Crippen molar-refractivity contribution in [3.63, 3.8) is 0 Å². The maximum Gasteiger partial charge on any atom is 0.407 e. The lowest BCUT2D eigenvalue weighted by atomic mass is 9.87. The first-order chi connectivity index (χ1) is 16.5. The zero-order chi connectivity index (χ0) is 25.4. The van der Waals surface area contributed by atoms with E-state index in [1.165, 1.54) is 4.90 Å². The Morgan fingerprint density at radius 2 is 1.60 bits per heavy atom. The van der Waals surface area contributed by atoms with Gasteiger partial charge in [0.05, 0.1) is 5.41 Å². The number of carboxylic acids is 1. The molecule has 0 bridgehead atoms. The summed E-state index contributed by atoms with van der Waals surface area (Å²) in [6.07, 6.45) is 1.00. The first-order valence-electron chi connectivity index (χ1n) is 12.1. The van der Waals surface area contributed by atoms with Crippen LogP contribution in [-0.2, 0) is 14.3 Å². The van der Waals surface area contributed by atoms with Gasteiger partial charge < -0.3 is 20.1 Å². The summed E-state index contributed by atoms with van der Waals surface area (Å²) in [4.78, 5) is 38.9. The third kappa shape index (κ3) is 5.19. The van der Waals surface area contributed by atoms with Crippen molar-refractivity contribution in [2.75, 3.05) is 20.2 Å². The van der Waals surface area contributed by atoms with Gasteiger partial charge in [-0.05, 0) is 46.9 Å². The van der Waals surface area contributed by atoms with Crippen molar-refractivity contribution < 1.29 is 24.2 Å². The number of aliphatic carboxylic acids is 1. The number of carboxylic acid groups (broad SMARTS) is 1. The summed E-state index contributed by atoms with van der Waals surface area (Å²) in [7, 11) is 1.54. The fourth-order valence-corrected chi connectivity index (χ4v) is 4.99. The fraction of sp³-hybridized carbons (Fsp3) is 0.464. The molecule has 0 aliphatic heterocycles. The van der Waals surface area contributed by atoms with Gasteiger partial charge in [-0.15, -0.1) is 0 Å². The number of rotatable bonds is 8. The van der Waals surface area contributed by atoms with Gasteiger partial charge in [-0.3, -0.25) is 4.79 Å². The van der Waals surface area contributed by atoms with Crippen LogP contribution in [0, 0.1) is 10.8 Å². The lowest BCUT2D eigenvalue weighted by molar-refractivity contribution is -0.152. The minimum absolute atomic E-state index is 0.0375. The zero-order valence-corrected chi connectivity index (χ0v) is 20.8. The molecule has 186 valence electrons. The van der Waals surface area contributed by atoms with Gasteiger partial charge in [-0.1, -0.05) is 69.3 Å². The van der Waals surface area contributed by atoms with Crippen LogP contribution in [0.3, 0.4) is 0 Å². The molecule has 2 aliphatic rings. The number of alkyl carbamates (subject to hydrolysis) is 1. The summed E-state index contributed by atoms with van der Waals surface area (Å²) in [5, 5.41) is 12.4. The molecule has 1 atom stereocenters. The Balaban J connectivity index is 1.35. The summed E-state index contributed by atoms with van der Waals surface area (Å²) in [5.41, 5.74) is 3.59. The Bertz CT molecular complexity index is 1090. The molecular weight excluding hydrogens is 444 g/mol. The third-order valence-corrected chi connectivity index (χ3v) is 7.10. The average Bonchev–Trinajstić information content (AvgIpc) is 3.55. The van der Waals surface area contributed by atoms with E-state index >= 15 is 0 Å². The molecule has 7 nitrogen and oxygen atoms in total. The predicted octanol–water partition coefficient (Wildman–Crippen LogP) is 4.65. The van der Waals surface area contributed by atoms with E-state index in [0.29, 0.717) is 19.3 Å². The molecule has 7 heteroatoms. The van der Waals surface area contributed by atoms with E-state index in [-0.39, 0.29) is 30.4 Å². The molecule has 2 aromatic carbocycles. The van der Waals surface area contributed by atoms with E-state index in [0.717, 1.165) is 22.3 Å². The Kier molecular flexibility index (Phi) is 6.62. The lowest BCUT2D eigenvalue weighted by Gasteiger charge is -2.32. The van der Waals surface area contributed by atoms with E-state index in [4.69, 9.17) is 4.74 Å². The van der Waals surface area contributed by atoms with Crippen molar-refractivity contribution >= 4 is 18.0 Å². The summed E-state index contributed by atoms with van der Waals surface area (Å²) < 4.78 is 5.59. The third-order valence-electron chi connectivity index (χ3n) is 7.10. The molecule has 0 heterocycles. The molecule has 1 unspecified atom stereocenters. The van der Waals surface area contributed by atoms with Crippen molar-refractivity contribution in [1.29, 1.82) is 0 Å². The van der Waals surface area contributed by atoms with Crippen LogP contribution < -0.4 is 5.32 Å². The second-order valence-electron chi connectivity index (χ2n) is 11.0. The second kappa shape index (κ2) is 9.36. The van der Waals surface area contributed by atoms with Crippen molar-refractivity contribution in [3.8, 4) is 11.1 Å². The minimum Gasteiger partial charge on any atom is -0.480 e.